The Morgan fingerprint density at radius 3 is 2.65 bits per heavy atom. The van der Waals surface area contributed by atoms with Crippen molar-refractivity contribution in [3.63, 3.8) is 0 Å². The summed E-state index contributed by atoms with van der Waals surface area (Å²) in [5.41, 5.74) is 2.02. The van der Waals surface area contributed by atoms with Gasteiger partial charge >= 0.3 is 0 Å². The normalized spacial score (nSPS) is 16.3. The van der Waals surface area contributed by atoms with Crippen LogP contribution in [0.1, 0.15) is 10.4 Å². The monoisotopic (exact) mass is 374 g/mol. The van der Waals surface area contributed by atoms with Gasteiger partial charge in [0.05, 0.1) is 29.5 Å². The second-order valence-corrected chi connectivity index (χ2v) is 6.46. The molecule has 0 spiro atoms. The Hall–Kier alpha value is -2.44. The Labute approximate surface area is 156 Å². The molecule has 0 unspecified atom stereocenters. The van der Waals surface area contributed by atoms with E-state index in [4.69, 9.17) is 25.8 Å². The molecular weight excluding hydrogens is 356 g/mol. The van der Waals surface area contributed by atoms with Crippen LogP contribution in [0.4, 0.5) is 11.4 Å². The van der Waals surface area contributed by atoms with Gasteiger partial charge in [0.15, 0.2) is 11.5 Å². The van der Waals surface area contributed by atoms with Gasteiger partial charge in [-0.2, -0.15) is 0 Å². The molecule has 7 heteroatoms. The molecule has 6 nitrogen and oxygen atoms in total. The number of morpholine rings is 1. The van der Waals surface area contributed by atoms with E-state index in [9.17, 15) is 4.79 Å². The second kappa shape index (κ2) is 7.43. The van der Waals surface area contributed by atoms with Crippen molar-refractivity contribution in [2.45, 2.75) is 0 Å². The first-order valence-electron chi connectivity index (χ1n) is 8.54. The van der Waals surface area contributed by atoms with Crippen LogP contribution in [0, 0.1) is 0 Å². The van der Waals surface area contributed by atoms with E-state index in [-0.39, 0.29) is 5.91 Å². The number of carbonyl (C=O) groups is 1. The maximum absolute atomic E-state index is 12.7. The summed E-state index contributed by atoms with van der Waals surface area (Å²) in [6.07, 6.45) is 0. The van der Waals surface area contributed by atoms with Crippen LogP contribution in [0.25, 0.3) is 0 Å². The van der Waals surface area contributed by atoms with E-state index < -0.39 is 0 Å². The number of hydrogen-bond donors (Lipinski definition) is 1. The van der Waals surface area contributed by atoms with Crippen molar-refractivity contribution < 1.29 is 19.0 Å². The molecule has 1 N–H and O–H groups in total. The Bertz CT molecular complexity index is 821. The fraction of sp³-hybridized carbons (Fsp3) is 0.316. The summed E-state index contributed by atoms with van der Waals surface area (Å²) >= 11 is 6.43. The topological polar surface area (TPSA) is 60.0 Å². The molecule has 2 aromatic carbocycles. The summed E-state index contributed by atoms with van der Waals surface area (Å²) in [7, 11) is 0. The molecule has 26 heavy (non-hydrogen) atoms. The number of rotatable bonds is 3. The highest BCUT2D eigenvalue weighted by Crippen LogP contribution is 2.34. The van der Waals surface area contributed by atoms with E-state index in [0.29, 0.717) is 54.2 Å². The highest BCUT2D eigenvalue weighted by atomic mass is 35.5. The van der Waals surface area contributed by atoms with Gasteiger partial charge in [0, 0.05) is 18.8 Å². The van der Waals surface area contributed by atoms with Crippen molar-refractivity contribution in [2.75, 3.05) is 49.7 Å². The third-order valence-corrected chi connectivity index (χ3v) is 4.67. The number of anilines is 2. The molecule has 0 aromatic heterocycles. The summed E-state index contributed by atoms with van der Waals surface area (Å²) in [5.74, 6) is 0.805. The zero-order valence-corrected chi connectivity index (χ0v) is 14.9. The summed E-state index contributed by atoms with van der Waals surface area (Å²) in [5, 5.41) is 3.47. The number of amides is 1. The molecule has 0 atom stereocenters. The fourth-order valence-electron chi connectivity index (χ4n) is 3.10. The van der Waals surface area contributed by atoms with Gasteiger partial charge in [0.2, 0.25) is 0 Å². The molecule has 1 amide bonds. The zero-order valence-electron chi connectivity index (χ0n) is 14.2. The van der Waals surface area contributed by atoms with Crippen LogP contribution in [0.5, 0.6) is 11.5 Å². The molecule has 0 saturated carbocycles. The van der Waals surface area contributed by atoms with Crippen molar-refractivity contribution in [1.29, 1.82) is 0 Å². The number of para-hydroxylation sites is 1. The number of halogens is 1. The minimum atomic E-state index is -0.262. The molecule has 136 valence electrons. The van der Waals surface area contributed by atoms with E-state index in [1.165, 1.54) is 0 Å². The molecule has 2 aromatic rings. The summed E-state index contributed by atoms with van der Waals surface area (Å²) in [4.78, 5) is 14.8. The number of nitrogens with one attached hydrogen (secondary N) is 1. The number of hydrogen-bond acceptors (Lipinski definition) is 5. The Balaban J connectivity index is 1.52. The third kappa shape index (κ3) is 3.43. The first kappa shape index (κ1) is 17.0. The average molecular weight is 375 g/mol. The average Bonchev–Trinajstić information content (AvgIpc) is 2.68. The number of fused-ring (bicyclic) bond motifs is 1. The van der Waals surface area contributed by atoms with E-state index >= 15 is 0 Å². The van der Waals surface area contributed by atoms with Crippen LogP contribution in [0.15, 0.2) is 36.4 Å². The maximum atomic E-state index is 12.7. The molecule has 2 heterocycles. The molecular formula is C19H19ClN2O4. The van der Waals surface area contributed by atoms with Gasteiger partial charge < -0.3 is 24.4 Å². The van der Waals surface area contributed by atoms with Crippen LogP contribution in [-0.4, -0.2) is 45.4 Å². The van der Waals surface area contributed by atoms with Gasteiger partial charge in [-0.3, -0.25) is 4.79 Å². The van der Waals surface area contributed by atoms with Crippen LogP contribution in [-0.2, 0) is 4.74 Å². The fourth-order valence-corrected chi connectivity index (χ4v) is 3.40. The predicted octanol–water partition coefficient (Wildman–Crippen LogP) is 3.20. The Kier molecular flexibility index (Phi) is 4.86. The number of ether oxygens (including phenoxy) is 3. The molecule has 0 radical (unpaired) electrons. The quantitative estimate of drug-likeness (QED) is 0.894. The molecule has 2 aliphatic heterocycles. The van der Waals surface area contributed by atoms with Crippen LogP contribution >= 0.6 is 11.6 Å². The summed E-state index contributed by atoms with van der Waals surface area (Å²) in [6.45, 7) is 3.90. The van der Waals surface area contributed by atoms with E-state index in [1.54, 1.807) is 24.3 Å². The van der Waals surface area contributed by atoms with Crippen LogP contribution in [0.2, 0.25) is 5.02 Å². The number of carbonyl (C=O) groups excluding carboxylic acids is 1. The molecule has 2 aliphatic rings. The van der Waals surface area contributed by atoms with Gasteiger partial charge in [0.25, 0.3) is 5.91 Å². The first-order valence-corrected chi connectivity index (χ1v) is 8.92. The van der Waals surface area contributed by atoms with Gasteiger partial charge in [-0.25, -0.2) is 0 Å². The minimum absolute atomic E-state index is 0.262. The van der Waals surface area contributed by atoms with Crippen molar-refractivity contribution in [3.05, 3.63) is 47.0 Å². The Morgan fingerprint density at radius 1 is 1.04 bits per heavy atom. The molecule has 1 saturated heterocycles. The highest BCUT2D eigenvalue weighted by Gasteiger charge is 2.21. The standard InChI is InChI=1S/C19H19ClN2O4/c20-15-12-13(4-5-16(15)22-6-8-24-9-7-22)21-19(23)14-2-1-3-17-18(14)26-11-10-25-17/h1-5,12H,6-11H2,(H,21,23). The molecule has 0 bridgehead atoms. The second-order valence-electron chi connectivity index (χ2n) is 6.05. The van der Waals surface area contributed by atoms with Gasteiger partial charge in [-0.05, 0) is 30.3 Å². The minimum Gasteiger partial charge on any atom is -0.486 e. The van der Waals surface area contributed by atoms with Gasteiger partial charge in [-0.1, -0.05) is 17.7 Å². The van der Waals surface area contributed by atoms with Gasteiger partial charge in [-0.15, -0.1) is 0 Å². The lowest BCUT2D eigenvalue weighted by atomic mass is 10.1. The lowest BCUT2D eigenvalue weighted by Crippen LogP contribution is -2.36. The lowest BCUT2D eigenvalue weighted by Gasteiger charge is -2.29. The third-order valence-electron chi connectivity index (χ3n) is 4.37. The molecule has 4 rings (SSSR count). The van der Waals surface area contributed by atoms with E-state index in [2.05, 4.69) is 10.2 Å². The number of benzene rings is 2. The molecule has 1 fully saturated rings. The van der Waals surface area contributed by atoms with Crippen molar-refractivity contribution in [1.82, 2.24) is 0 Å². The zero-order chi connectivity index (χ0) is 17.9. The number of nitrogens with zero attached hydrogens (tertiary/aromatic N) is 1. The SMILES string of the molecule is O=C(Nc1ccc(N2CCOCC2)c(Cl)c1)c1cccc2c1OCCO2. The van der Waals surface area contributed by atoms with Crippen LogP contribution < -0.4 is 19.7 Å². The van der Waals surface area contributed by atoms with E-state index in [1.807, 2.05) is 12.1 Å². The van der Waals surface area contributed by atoms with Crippen LogP contribution in [0.3, 0.4) is 0 Å². The highest BCUT2D eigenvalue weighted by molar-refractivity contribution is 6.33. The van der Waals surface area contributed by atoms with Crippen molar-refractivity contribution in [2.24, 2.45) is 0 Å². The smallest absolute Gasteiger partial charge is 0.259 e. The predicted molar refractivity (Wildman–Crippen MR) is 99.9 cm³/mol. The van der Waals surface area contributed by atoms with Gasteiger partial charge in [0.1, 0.15) is 13.2 Å². The van der Waals surface area contributed by atoms with Crippen molar-refractivity contribution in [3.8, 4) is 11.5 Å². The van der Waals surface area contributed by atoms with E-state index in [0.717, 1.165) is 18.8 Å². The largest absolute Gasteiger partial charge is 0.486 e. The summed E-state index contributed by atoms with van der Waals surface area (Å²) in [6, 6.07) is 10.8. The first-order chi connectivity index (χ1) is 12.7. The maximum Gasteiger partial charge on any atom is 0.259 e. The lowest BCUT2D eigenvalue weighted by molar-refractivity contribution is 0.101. The molecule has 0 aliphatic carbocycles. The van der Waals surface area contributed by atoms with Crippen molar-refractivity contribution >= 4 is 28.9 Å². The Morgan fingerprint density at radius 2 is 1.85 bits per heavy atom. The summed E-state index contributed by atoms with van der Waals surface area (Å²) < 4.78 is 16.5.